The number of benzene rings is 3. The molecule has 5 heteroatoms. The lowest BCUT2D eigenvalue weighted by atomic mass is 10.1. The molecule has 1 heterocycles. The first-order valence-corrected chi connectivity index (χ1v) is 9.98. The monoisotopic (exact) mass is 413 g/mol. The van der Waals surface area contributed by atoms with E-state index in [9.17, 15) is 4.79 Å². The van der Waals surface area contributed by atoms with Gasteiger partial charge in [0.1, 0.15) is 0 Å². The van der Waals surface area contributed by atoms with E-state index in [1.165, 1.54) is 6.08 Å². The molecule has 0 radical (unpaired) electrons. The number of amides is 1. The number of halogens is 1. The van der Waals surface area contributed by atoms with E-state index in [-0.39, 0.29) is 5.91 Å². The van der Waals surface area contributed by atoms with Gasteiger partial charge in [-0.1, -0.05) is 72.3 Å². The molecule has 0 bridgehead atoms. The second-order valence-corrected chi connectivity index (χ2v) is 7.19. The largest absolute Gasteiger partial charge is 0.348 e. The summed E-state index contributed by atoms with van der Waals surface area (Å²) in [5.41, 5.74) is 4.55. The molecule has 0 saturated heterocycles. The molecule has 3 aromatic carbocycles. The highest BCUT2D eigenvalue weighted by atomic mass is 35.5. The molecule has 0 saturated carbocycles. The van der Waals surface area contributed by atoms with Crippen LogP contribution in [0.4, 0.5) is 0 Å². The summed E-state index contributed by atoms with van der Waals surface area (Å²) in [6, 6.07) is 27.2. The molecule has 0 aliphatic heterocycles. The molecule has 148 valence electrons. The maximum Gasteiger partial charge on any atom is 0.244 e. The Morgan fingerprint density at radius 3 is 2.30 bits per heavy atom. The smallest absolute Gasteiger partial charge is 0.244 e. The third-order valence-corrected chi connectivity index (χ3v) is 4.86. The molecule has 1 N–H and O–H groups in total. The van der Waals surface area contributed by atoms with Crippen LogP contribution in [0.15, 0.2) is 97.2 Å². The second-order valence-electron chi connectivity index (χ2n) is 6.76. The number of hydrogen-bond donors (Lipinski definition) is 1. The van der Waals surface area contributed by atoms with Gasteiger partial charge in [0.15, 0.2) is 0 Å². The Hall–Kier alpha value is -3.63. The van der Waals surface area contributed by atoms with Crippen molar-refractivity contribution in [2.45, 2.75) is 6.54 Å². The first-order chi connectivity index (χ1) is 14.7. The van der Waals surface area contributed by atoms with Crippen LogP contribution in [0.3, 0.4) is 0 Å². The van der Waals surface area contributed by atoms with Gasteiger partial charge in [0.05, 0.1) is 11.4 Å². The van der Waals surface area contributed by atoms with Gasteiger partial charge in [-0.05, 0) is 35.9 Å². The van der Waals surface area contributed by atoms with Crippen LogP contribution in [0.2, 0.25) is 5.02 Å². The summed E-state index contributed by atoms with van der Waals surface area (Å²) in [6.45, 7) is 0.483. The molecule has 4 aromatic rings. The van der Waals surface area contributed by atoms with E-state index in [0.717, 1.165) is 28.1 Å². The van der Waals surface area contributed by atoms with Gasteiger partial charge >= 0.3 is 0 Å². The van der Waals surface area contributed by atoms with Gasteiger partial charge in [-0.2, -0.15) is 5.10 Å². The van der Waals surface area contributed by atoms with E-state index in [0.29, 0.717) is 11.6 Å². The molecule has 0 unspecified atom stereocenters. The Bertz CT molecular complexity index is 1150. The molecule has 0 spiro atoms. The molecule has 30 heavy (non-hydrogen) atoms. The number of hydrogen-bond acceptors (Lipinski definition) is 2. The minimum atomic E-state index is -0.159. The summed E-state index contributed by atoms with van der Waals surface area (Å²) in [5.74, 6) is -0.159. The maximum absolute atomic E-state index is 12.3. The first kappa shape index (κ1) is 19.7. The first-order valence-electron chi connectivity index (χ1n) is 9.60. The van der Waals surface area contributed by atoms with Gasteiger partial charge in [-0.25, -0.2) is 4.68 Å². The maximum atomic E-state index is 12.3. The zero-order valence-electron chi connectivity index (χ0n) is 16.2. The molecule has 0 fully saturated rings. The third-order valence-electron chi connectivity index (χ3n) is 4.60. The zero-order valence-corrected chi connectivity index (χ0v) is 17.0. The highest BCUT2D eigenvalue weighted by Gasteiger charge is 2.11. The fourth-order valence-corrected chi connectivity index (χ4v) is 3.19. The van der Waals surface area contributed by atoms with Gasteiger partial charge in [-0.15, -0.1) is 0 Å². The van der Waals surface area contributed by atoms with Gasteiger partial charge in [0, 0.05) is 35.0 Å². The standard InChI is InChI=1S/C25H20ClN3O/c26-22-14-11-20(12-15-22)25-21(18-29(28-25)23-9-5-2-6-10-23)13-16-24(30)27-17-19-7-3-1-4-8-19/h1-16,18H,17H2,(H,27,30)/b16-13+. The van der Waals surface area contributed by atoms with Crippen LogP contribution < -0.4 is 5.32 Å². The third kappa shape index (κ3) is 4.85. The summed E-state index contributed by atoms with van der Waals surface area (Å²) in [5, 5.41) is 8.31. The van der Waals surface area contributed by atoms with E-state index >= 15 is 0 Å². The van der Waals surface area contributed by atoms with Crippen LogP contribution in [-0.2, 0) is 11.3 Å². The highest BCUT2D eigenvalue weighted by molar-refractivity contribution is 6.30. The summed E-state index contributed by atoms with van der Waals surface area (Å²) in [4.78, 5) is 12.3. The molecule has 0 atom stereocenters. The predicted molar refractivity (Wildman–Crippen MR) is 121 cm³/mol. The van der Waals surface area contributed by atoms with Crippen LogP contribution in [0, 0.1) is 0 Å². The SMILES string of the molecule is O=C(/C=C/c1cn(-c2ccccc2)nc1-c1ccc(Cl)cc1)NCc1ccccc1. The molecule has 0 aliphatic rings. The van der Waals surface area contributed by atoms with Crippen molar-refractivity contribution in [3.8, 4) is 16.9 Å². The summed E-state index contributed by atoms with van der Waals surface area (Å²) < 4.78 is 1.81. The molecule has 1 aromatic heterocycles. The van der Waals surface area contributed by atoms with Gasteiger partial charge < -0.3 is 5.32 Å². The lowest BCUT2D eigenvalue weighted by Gasteiger charge is -2.02. The van der Waals surface area contributed by atoms with Crippen LogP contribution in [-0.4, -0.2) is 15.7 Å². The van der Waals surface area contributed by atoms with Gasteiger partial charge in [0.2, 0.25) is 5.91 Å². The average molecular weight is 414 g/mol. The van der Waals surface area contributed by atoms with Crippen LogP contribution in [0.5, 0.6) is 0 Å². The Balaban J connectivity index is 1.59. The Labute approximate surface area is 180 Å². The van der Waals surface area contributed by atoms with Crippen molar-refractivity contribution in [1.82, 2.24) is 15.1 Å². The van der Waals surface area contributed by atoms with Crippen molar-refractivity contribution >= 4 is 23.6 Å². The fourth-order valence-electron chi connectivity index (χ4n) is 3.06. The van der Waals surface area contributed by atoms with E-state index in [1.807, 2.05) is 95.8 Å². The van der Waals surface area contributed by atoms with E-state index in [4.69, 9.17) is 16.7 Å². The van der Waals surface area contributed by atoms with Gasteiger partial charge in [0.25, 0.3) is 0 Å². The number of carbonyl (C=O) groups excluding carboxylic acids is 1. The molecular formula is C25H20ClN3O. The molecule has 0 aliphatic carbocycles. The van der Waals surface area contributed by atoms with E-state index < -0.39 is 0 Å². The molecule has 1 amide bonds. The number of rotatable bonds is 6. The van der Waals surface area contributed by atoms with Crippen molar-refractivity contribution in [2.24, 2.45) is 0 Å². The number of nitrogens with zero attached hydrogens (tertiary/aromatic N) is 2. The lowest BCUT2D eigenvalue weighted by Crippen LogP contribution is -2.20. The van der Waals surface area contributed by atoms with E-state index in [1.54, 1.807) is 6.08 Å². The Morgan fingerprint density at radius 2 is 1.60 bits per heavy atom. The topological polar surface area (TPSA) is 46.9 Å². The number of nitrogens with one attached hydrogen (secondary N) is 1. The van der Waals surface area contributed by atoms with Crippen LogP contribution in [0.1, 0.15) is 11.1 Å². The average Bonchev–Trinajstić information content (AvgIpc) is 3.22. The van der Waals surface area contributed by atoms with Crippen molar-refractivity contribution in [3.63, 3.8) is 0 Å². The Morgan fingerprint density at radius 1 is 0.933 bits per heavy atom. The van der Waals surface area contributed by atoms with Crippen molar-refractivity contribution in [2.75, 3.05) is 0 Å². The van der Waals surface area contributed by atoms with E-state index in [2.05, 4.69) is 5.32 Å². The summed E-state index contributed by atoms with van der Waals surface area (Å²) in [6.07, 6.45) is 5.24. The number of para-hydroxylation sites is 1. The van der Waals surface area contributed by atoms with Crippen molar-refractivity contribution in [1.29, 1.82) is 0 Å². The zero-order chi connectivity index (χ0) is 20.8. The van der Waals surface area contributed by atoms with Crippen LogP contribution in [0.25, 0.3) is 23.0 Å². The number of carbonyl (C=O) groups is 1. The van der Waals surface area contributed by atoms with Crippen molar-refractivity contribution in [3.05, 3.63) is 113 Å². The minimum absolute atomic E-state index is 0.159. The van der Waals surface area contributed by atoms with Gasteiger partial charge in [-0.3, -0.25) is 4.79 Å². The summed E-state index contributed by atoms with van der Waals surface area (Å²) in [7, 11) is 0. The fraction of sp³-hybridized carbons (Fsp3) is 0.0400. The molecule has 4 nitrogen and oxygen atoms in total. The highest BCUT2D eigenvalue weighted by Crippen LogP contribution is 2.26. The summed E-state index contributed by atoms with van der Waals surface area (Å²) >= 11 is 6.04. The molecular weight excluding hydrogens is 394 g/mol. The second kappa shape index (κ2) is 9.25. The normalized spacial score (nSPS) is 11.0. The van der Waals surface area contributed by atoms with Crippen molar-refractivity contribution < 1.29 is 4.79 Å². The lowest BCUT2D eigenvalue weighted by molar-refractivity contribution is -0.116. The number of aromatic nitrogens is 2. The quantitative estimate of drug-likeness (QED) is 0.423. The Kier molecular flexibility index (Phi) is 6.06. The predicted octanol–water partition coefficient (Wildman–Crippen LogP) is 5.52. The minimum Gasteiger partial charge on any atom is -0.348 e. The molecule has 4 rings (SSSR count). The van der Waals surface area contributed by atoms with Crippen LogP contribution >= 0.6 is 11.6 Å².